The molecule has 0 rings (SSSR count). The van der Waals surface area contributed by atoms with E-state index in [2.05, 4.69) is 6.92 Å². The molecule has 0 spiro atoms. The highest BCUT2D eigenvalue weighted by molar-refractivity contribution is 5.99. The third kappa shape index (κ3) is 5.52. The Morgan fingerprint density at radius 1 is 1.33 bits per heavy atom. The fourth-order valence-electron chi connectivity index (χ4n) is 1.16. The van der Waals surface area contributed by atoms with Crippen LogP contribution in [-0.2, 0) is 14.3 Å². The van der Waals surface area contributed by atoms with Crippen molar-refractivity contribution in [3.63, 3.8) is 0 Å². The topological polar surface area (TPSA) is 69.4 Å². The number of hydrogen-bond donors (Lipinski definition) is 1. The van der Waals surface area contributed by atoms with E-state index in [-0.39, 0.29) is 18.4 Å². The number of esters is 1. The van der Waals surface area contributed by atoms with E-state index in [1.807, 2.05) is 6.92 Å². The zero-order valence-electron chi connectivity index (χ0n) is 9.79. The Kier molecular flexibility index (Phi) is 6.96. The lowest BCUT2D eigenvalue weighted by atomic mass is 10.1. The lowest BCUT2D eigenvalue weighted by molar-refractivity contribution is -0.155. The fraction of sp³-hybridized carbons (Fsp3) is 0.818. The molecule has 0 aromatic carbocycles. The zero-order valence-corrected chi connectivity index (χ0v) is 9.79. The number of nitrogens with two attached hydrogens (primary N) is 1. The molecule has 2 unspecified atom stereocenters. The first-order valence-corrected chi connectivity index (χ1v) is 5.46. The average molecular weight is 215 g/mol. The van der Waals surface area contributed by atoms with Crippen LogP contribution in [0.1, 0.15) is 40.0 Å². The summed E-state index contributed by atoms with van der Waals surface area (Å²) in [6.07, 6.45) is 2.81. The van der Waals surface area contributed by atoms with Crippen molar-refractivity contribution >= 4 is 11.8 Å². The van der Waals surface area contributed by atoms with Crippen molar-refractivity contribution in [1.29, 1.82) is 0 Å². The van der Waals surface area contributed by atoms with Crippen LogP contribution in [0.15, 0.2) is 0 Å². The van der Waals surface area contributed by atoms with E-state index in [9.17, 15) is 9.59 Å². The predicted molar refractivity (Wildman–Crippen MR) is 58.3 cm³/mol. The van der Waals surface area contributed by atoms with Gasteiger partial charge in [0.2, 0.25) is 0 Å². The zero-order chi connectivity index (χ0) is 11.8. The Morgan fingerprint density at radius 3 is 2.40 bits per heavy atom. The summed E-state index contributed by atoms with van der Waals surface area (Å²) in [5.41, 5.74) is 5.16. The van der Waals surface area contributed by atoms with Crippen LogP contribution in [0.4, 0.5) is 0 Å². The molecule has 0 amide bonds. The van der Waals surface area contributed by atoms with E-state index in [0.717, 1.165) is 19.3 Å². The van der Waals surface area contributed by atoms with Gasteiger partial charge in [-0.05, 0) is 20.3 Å². The summed E-state index contributed by atoms with van der Waals surface area (Å²) in [6.45, 7) is 5.34. The van der Waals surface area contributed by atoms with Crippen molar-refractivity contribution in [3.8, 4) is 0 Å². The minimum Gasteiger partial charge on any atom is -0.462 e. The molecule has 0 saturated heterocycles. The van der Waals surface area contributed by atoms with E-state index < -0.39 is 11.9 Å². The largest absolute Gasteiger partial charge is 0.462 e. The Labute approximate surface area is 91.2 Å². The molecule has 0 aliphatic carbocycles. The first-order chi connectivity index (χ1) is 7.02. The van der Waals surface area contributed by atoms with Crippen LogP contribution in [-0.4, -0.2) is 24.4 Å². The molecule has 2 atom stereocenters. The monoisotopic (exact) mass is 215 g/mol. The lowest BCUT2D eigenvalue weighted by Crippen LogP contribution is -2.30. The SMILES string of the molecule is CCCCC(C)OC(=O)C(C)C(=O)CN. The summed E-state index contributed by atoms with van der Waals surface area (Å²) in [5.74, 6) is -1.48. The van der Waals surface area contributed by atoms with Crippen molar-refractivity contribution in [2.24, 2.45) is 11.7 Å². The van der Waals surface area contributed by atoms with Gasteiger partial charge in [-0.15, -0.1) is 0 Å². The van der Waals surface area contributed by atoms with Crippen LogP contribution in [0, 0.1) is 5.92 Å². The molecule has 0 fully saturated rings. The Balaban J connectivity index is 3.95. The third-order valence-corrected chi connectivity index (χ3v) is 2.32. The molecule has 2 N–H and O–H groups in total. The van der Waals surface area contributed by atoms with Gasteiger partial charge in [-0.3, -0.25) is 9.59 Å². The summed E-state index contributed by atoms with van der Waals surface area (Å²) in [7, 11) is 0. The van der Waals surface area contributed by atoms with Crippen molar-refractivity contribution in [1.82, 2.24) is 0 Å². The van der Waals surface area contributed by atoms with Crippen molar-refractivity contribution in [2.75, 3.05) is 6.54 Å². The van der Waals surface area contributed by atoms with Crippen molar-refractivity contribution < 1.29 is 14.3 Å². The Hall–Kier alpha value is -0.900. The number of ether oxygens (including phenoxy) is 1. The van der Waals surface area contributed by atoms with Crippen LogP contribution in [0.3, 0.4) is 0 Å². The molecule has 0 saturated carbocycles. The number of carbonyl (C=O) groups is 2. The van der Waals surface area contributed by atoms with Gasteiger partial charge in [-0.25, -0.2) is 0 Å². The smallest absolute Gasteiger partial charge is 0.316 e. The number of hydrogen-bond acceptors (Lipinski definition) is 4. The average Bonchev–Trinajstić information content (AvgIpc) is 2.23. The molecule has 15 heavy (non-hydrogen) atoms. The molecular weight excluding hydrogens is 194 g/mol. The summed E-state index contributed by atoms with van der Waals surface area (Å²) >= 11 is 0. The van der Waals surface area contributed by atoms with Gasteiger partial charge < -0.3 is 10.5 Å². The van der Waals surface area contributed by atoms with Crippen LogP contribution in [0.2, 0.25) is 0 Å². The second kappa shape index (κ2) is 7.40. The van der Waals surface area contributed by atoms with E-state index in [1.165, 1.54) is 6.92 Å². The summed E-state index contributed by atoms with van der Waals surface area (Å²) < 4.78 is 5.12. The van der Waals surface area contributed by atoms with E-state index in [1.54, 1.807) is 0 Å². The molecule has 0 aliphatic heterocycles. The van der Waals surface area contributed by atoms with Crippen LogP contribution in [0.25, 0.3) is 0 Å². The maximum Gasteiger partial charge on any atom is 0.316 e. The highest BCUT2D eigenvalue weighted by atomic mass is 16.5. The van der Waals surface area contributed by atoms with Gasteiger partial charge in [0.15, 0.2) is 5.78 Å². The van der Waals surface area contributed by atoms with Gasteiger partial charge in [0, 0.05) is 0 Å². The van der Waals surface area contributed by atoms with E-state index >= 15 is 0 Å². The van der Waals surface area contributed by atoms with E-state index in [0.29, 0.717) is 0 Å². The quantitative estimate of drug-likeness (QED) is 0.513. The summed E-state index contributed by atoms with van der Waals surface area (Å²) in [4.78, 5) is 22.5. The first kappa shape index (κ1) is 14.1. The molecule has 4 heteroatoms. The van der Waals surface area contributed by atoms with E-state index in [4.69, 9.17) is 10.5 Å². The highest BCUT2D eigenvalue weighted by Crippen LogP contribution is 2.08. The van der Waals surface area contributed by atoms with Crippen molar-refractivity contribution in [3.05, 3.63) is 0 Å². The number of ketones is 1. The lowest BCUT2D eigenvalue weighted by Gasteiger charge is -2.15. The molecule has 4 nitrogen and oxygen atoms in total. The van der Waals surface area contributed by atoms with Crippen LogP contribution >= 0.6 is 0 Å². The van der Waals surface area contributed by atoms with Gasteiger partial charge in [-0.1, -0.05) is 19.8 Å². The van der Waals surface area contributed by atoms with Gasteiger partial charge in [0.1, 0.15) is 5.92 Å². The normalized spacial score (nSPS) is 14.4. The summed E-state index contributed by atoms with van der Waals surface area (Å²) in [5, 5.41) is 0. The van der Waals surface area contributed by atoms with Gasteiger partial charge >= 0.3 is 5.97 Å². The van der Waals surface area contributed by atoms with Gasteiger partial charge in [-0.2, -0.15) is 0 Å². The number of rotatable bonds is 7. The molecular formula is C11H21NO3. The second-order valence-corrected chi connectivity index (χ2v) is 3.78. The first-order valence-electron chi connectivity index (χ1n) is 5.46. The predicted octanol–water partition coefficient (Wildman–Crippen LogP) is 1.27. The van der Waals surface area contributed by atoms with Crippen LogP contribution in [0.5, 0.6) is 0 Å². The van der Waals surface area contributed by atoms with Gasteiger partial charge in [0.05, 0.1) is 12.6 Å². The third-order valence-electron chi connectivity index (χ3n) is 2.32. The molecule has 0 radical (unpaired) electrons. The molecule has 88 valence electrons. The molecule has 0 aromatic heterocycles. The second-order valence-electron chi connectivity index (χ2n) is 3.78. The fourth-order valence-corrected chi connectivity index (χ4v) is 1.16. The molecule has 0 bridgehead atoms. The Morgan fingerprint density at radius 2 is 1.93 bits per heavy atom. The molecule has 0 heterocycles. The maximum atomic E-state index is 11.4. The number of Topliss-reactive ketones (excluding diaryl/α,β-unsaturated/α-hetero) is 1. The molecule has 0 aliphatic rings. The number of carbonyl (C=O) groups excluding carboxylic acids is 2. The maximum absolute atomic E-state index is 11.4. The summed E-state index contributed by atoms with van der Waals surface area (Å²) in [6, 6.07) is 0. The van der Waals surface area contributed by atoms with Gasteiger partial charge in [0.25, 0.3) is 0 Å². The Bertz CT molecular complexity index is 216. The molecule has 0 aromatic rings. The van der Waals surface area contributed by atoms with Crippen molar-refractivity contribution in [2.45, 2.75) is 46.1 Å². The highest BCUT2D eigenvalue weighted by Gasteiger charge is 2.22. The van der Waals surface area contributed by atoms with Crippen LogP contribution < -0.4 is 5.73 Å². The number of unbranched alkanes of at least 4 members (excludes halogenated alkanes) is 1. The minimum absolute atomic E-state index is 0.112. The standard InChI is InChI=1S/C11H21NO3/c1-4-5-6-8(2)15-11(14)9(3)10(13)7-12/h8-9H,4-7,12H2,1-3H3. The minimum atomic E-state index is -0.737.